The van der Waals surface area contributed by atoms with Gasteiger partial charge in [-0.25, -0.2) is 10.1 Å². The number of amides is 1. The number of nitrogens with zero attached hydrogens (tertiary/aromatic N) is 4. The topological polar surface area (TPSA) is 110 Å². The molecule has 0 atom stereocenters. The summed E-state index contributed by atoms with van der Waals surface area (Å²) in [4.78, 5) is 12.1. The number of halogens is 2. The fourth-order valence-corrected chi connectivity index (χ4v) is 3.38. The highest BCUT2D eigenvalue weighted by molar-refractivity contribution is 7.99. The molecule has 1 fully saturated rings. The Kier molecular flexibility index (Phi) is 6.23. The second-order valence-electron chi connectivity index (χ2n) is 5.63. The highest BCUT2D eigenvalue weighted by Gasteiger charge is 2.14. The fourth-order valence-electron chi connectivity index (χ4n) is 2.39. The Morgan fingerprint density at radius 3 is 2.85 bits per heavy atom. The lowest BCUT2D eigenvalue weighted by Crippen LogP contribution is -2.17. The molecule has 11 heteroatoms. The number of hydrogen-bond acceptors (Lipinski definition) is 7. The van der Waals surface area contributed by atoms with Crippen LogP contribution in [0.5, 0.6) is 0 Å². The zero-order valence-electron chi connectivity index (χ0n) is 13.7. The number of nitrogens with one attached hydrogen (secondary N) is 2. The third kappa shape index (κ3) is 4.80. The van der Waals surface area contributed by atoms with E-state index in [2.05, 4.69) is 26.0 Å². The average Bonchev–Trinajstić information content (AvgIpc) is 3.25. The zero-order chi connectivity index (χ0) is 18.5. The number of thioether (sulfide) groups is 1. The van der Waals surface area contributed by atoms with E-state index < -0.39 is 0 Å². The Bertz CT molecular complexity index is 831. The van der Waals surface area contributed by atoms with Gasteiger partial charge in [0.15, 0.2) is 0 Å². The maximum Gasteiger partial charge on any atom is 0.264 e. The summed E-state index contributed by atoms with van der Waals surface area (Å²) in [6, 6.07) is 4.85. The molecule has 0 saturated heterocycles. The Hall–Kier alpha value is -1.97. The number of nitrogen functional groups attached to an aromatic ring is 1. The van der Waals surface area contributed by atoms with E-state index in [0.717, 1.165) is 43.2 Å². The van der Waals surface area contributed by atoms with Crippen LogP contribution in [0.4, 0.5) is 11.6 Å². The van der Waals surface area contributed by atoms with E-state index in [1.165, 1.54) is 4.68 Å². The van der Waals surface area contributed by atoms with Gasteiger partial charge in [0.2, 0.25) is 11.1 Å². The van der Waals surface area contributed by atoms with Gasteiger partial charge in [-0.15, -0.1) is 10.2 Å². The minimum Gasteiger partial charge on any atom is -0.334 e. The lowest BCUT2D eigenvalue weighted by molar-refractivity contribution is -0.113. The highest BCUT2D eigenvalue weighted by Crippen LogP contribution is 2.26. The summed E-state index contributed by atoms with van der Waals surface area (Å²) in [5, 5.41) is 16.2. The van der Waals surface area contributed by atoms with Crippen molar-refractivity contribution in [1.82, 2.24) is 14.9 Å². The normalized spacial score (nSPS) is 13.7. The second kappa shape index (κ2) is 8.61. The van der Waals surface area contributed by atoms with Crippen molar-refractivity contribution in [2.24, 2.45) is 5.10 Å². The first-order valence-corrected chi connectivity index (χ1v) is 9.66. The summed E-state index contributed by atoms with van der Waals surface area (Å²) >= 11 is 13.1. The molecule has 8 nitrogen and oxygen atoms in total. The Morgan fingerprint density at radius 1 is 1.31 bits per heavy atom. The first kappa shape index (κ1) is 18.8. The van der Waals surface area contributed by atoms with Crippen molar-refractivity contribution in [3.05, 3.63) is 28.2 Å². The predicted molar refractivity (Wildman–Crippen MR) is 106 cm³/mol. The molecule has 0 spiro atoms. The van der Waals surface area contributed by atoms with Crippen LogP contribution in [-0.4, -0.2) is 32.2 Å². The van der Waals surface area contributed by atoms with Crippen LogP contribution in [0.25, 0.3) is 0 Å². The maximum atomic E-state index is 12.1. The minimum absolute atomic E-state index is 0.0900. The number of carbonyl (C=O) groups excluding carboxylic acids is 1. The number of carbonyl (C=O) groups is 1. The van der Waals surface area contributed by atoms with E-state index in [4.69, 9.17) is 29.0 Å². The Morgan fingerprint density at radius 2 is 2.08 bits per heavy atom. The van der Waals surface area contributed by atoms with Gasteiger partial charge < -0.3 is 11.2 Å². The molecule has 3 rings (SSSR count). The minimum atomic E-state index is -0.261. The monoisotopic (exact) mass is 413 g/mol. The molecule has 26 heavy (non-hydrogen) atoms. The number of aromatic nitrogens is 3. The fraction of sp³-hybridized carbons (Fsp3) is 0.333. The molecular weight excluding hydrogens is 397 g/mol. The van der Waals surface area contributed by atoms with E-state index in [-0.39, 0.29) is 11.7 Å². The van der Waals surface area contributed by atoms with Gasteiger partial charge in [-0.2, -0.15) is 5.10 Å². The quantitative estimate of drug-likeness (QED) is 0.380. The largest absolute Gasteiger partial charge is 0.334 e. The molecule has 1 saturated carbocycles. The van der Waals surface area contributed by atoms with Crippen LogP contribution in [-0.2, 0) is 4.79 Å². The van der Waals surface area contributed by atoms with Gasteiger partial charge in [0.25, 0.3) is 5.95 Å². The third-order valence-electron chi connectivity index (χ3n) is 3.69. The van der Waals surface area contributed by atoms with Crippen LogP contribution in [0.2, 0.25) is 10.0 Å². The molecule has 1 amide bonds. The number of benzene rings is 1. The molecule has 0 unspecified atom stereocenters. The molecule has 2 aromatic rings. The first-order chi connectivity index (χ1) is 12.5. The van der Waals surface area contributed by atoms with Crippen LogP contribution in [0.1, 0.15) is 25.7 Å². The van der Waals surface area contributed by atoms with Gasteiger partial charge in [0.05, 0.1) is 16.5 Å². The van der Waals surface area contributed by atoms with Crippen molar-refractivity contribution < 1.29 is 4.79 Å². The summed E-state index contributed by atoms with van der Waals surface area (Å²) in [5.74, 6) is 6.09. The number of rotatable bonds is 6. The highest BCUT2D eigenvalue weighted by atomic mass is 35.5. The predicted octanol–water partition coefficient (Wildman–Crippen LogP) is 3.37. The summed E-state index contributed by atoms with van der Waals surface area (Å²) in [5.41, 5.74) is 4.37. The molecule has 1 aliphatic carbocycles. The van der Waals surface area contributed by atoms with Crippen molar-refractivity contribution in [1.29, 1.82) is 0 Å². The standard InChI is InChI=1S/C15H17Cl2N7OS/c16-9-5-6-11(17)12(7-9)19-13(25)8-26-15-23-22-14(24(15)18)21-20-10-3-1-2-4-10/h5-7H,1-4,8,18H2,(H,19,25)(H,21,22). The molecule has 0 radical (unpaired) electrons. The van der Waals surface area contributed by atoms with Gasteiger partial charge in [-0.05, 0) is 43.9 Å². The van der Waals surface area contributed by atoms with Crippen molar-refractivity contribution in [2.45, 2.75) is 30.8 Å². The summed E-state index contributed by atoms with van der Waals surface area (Å²) in [7, 11) is 0. The lowest BCUT2D eigenvalue weighted by atomic mass is 10.3. The summed E-state index contributed by atoms with van der Waals surface area (Å²) < 4.78 is 1.27. The maximum absolute atomic E-state index is 12.1. The second-order valence-corrected chi connectivity index (χ2v) is 7.42. The first-order valence-electron chi connectivity index (χ1n) is 7.92. The van der Waals surface area contributed by atoms with Gasteiger partial charge in [-0.1, -0.05) is 35.0 Å². The number of hydrogen-bond donors (Lipinski definition) is 3. The number of nitrogens with two attached hydrogens (primary N) is 1. The molecule has 1 heterocycles. The molecule has 0 aliphatic heterocycles. The molecule has 1 aliphatic rings. The van der Waals surface area contributed by atoms with E-state index in [0.29, 0.717) is 26.8 Å². The van der Waals surface area contributed by atoms with Crippen LogP contribution >= 0.6 is 35.0 Å². The number of anilines is 2. The van der Waals surface area contributed by atoms with Gasteiger partial charge in [0, 0.05) is 10.7 Å². The third-order valence-corrected chi connectivity index (χ3v) is 5.20. The average molecular weight is 414 g/mol. The summed E-state index contributed by atoms with van der Waals surface area (Å²) in [6.45, 7) is 0. The van der Waals surface area contributed by atoms with E-state index in [1.807, 2.05) is 0 Å². The van der Waals surface area contributed by atoms with Crippen molar-refractivity contribution in [3.63, 3.8) is 0 Å². The zero-order valence-corrected chi connectivity index (χ0v) is 16.0. The molecular formula is C15H17Cl2N7OS. The Balaban J connectivity index is 1.55. The molecule has 4 N–H and O–H groups in total. The van der Waals surface area contributed by atoms with E-state index in [1.54, 1.807) is 18.2 Å². The lowest BCUT2D eigenvalue weighted by Gasteiger charge is -2.07. The molecule has 1 aromatic heterocycles. The smallest absolute Gasteiger partial charge is 0.264 e. The van der Waals surface area contributed by atoms with E-state index >= 15 is 0 Å². The van der Waals surface area contributed by atoms with Gasteiger partial charge >= 0.3 is 0 Å². The molecule has 1 aromatic carbocycles. The van der Waals surface area contributed by atoms with Crippen LogP contribution in [0.3, 0.4) is 0 Å². The SMILES string of the molecule is Nn1c(NN=C2CCCC2)nnc1SCC(=O)Nc1cc(Cl)ccc1Cl. The van der Waals surface area contributed by atoms with Gasteiger partial charge in [0.1, 0.15) is 0 Å². The van der Waals surface area contributed by atoms with Crippen LogP contribution in [0.15, 0.2) is 28.5 Å². The van der Waals surface area contributed by atoms with Crippen LogP contribution in [0, 0.1) is 0 Å². The van der Waals surface area contributed by atoms with Crippen molar-refractivity contribution >= 4 is 58.2 Å². The number of hydrazone groups is 1. The Labute approximate surface area is 164 Å². The molecule has 0 bridgehead atoms. The summed E-state index contributed by atoms with van der Waals surface area (Å²) in [6.07, 6.45) is 4.28. The van der Waals surface area contributed by atoms with Crippen molar-refractivity contribution in [3.8, 4) is 0 Å². The van der Waals surface area contributed by atoms with Crippen molar-refractivity contribution in [2.75, 3.05) is 22.3 Å². The van der Waals surface area contributed by atoms with E-state index in [9.17, 15) is 4.79 Å². The molecule has 138 valence electrons. The van der Waals surface area contributed by atoms with Crippen LogP contribution < -0.4 is 16.6 Å². The van der Waals surface area contributed by atoms with Gasteiger partial charge in [-0.3, -0.25) is 4.79 Å².